The maximum atomic E-state index is 11.6. The van der Waals surface area contributed by atoms with Crippen LogP contribution in [0.5, 0.6) is 0 Å². The Kier molecular flexibility index (Phi) is 7.75. The van der Waals surface area contributed by atoms with Gasteiger partial charge < -0.3 is 4.74 Å². The van der Waals surface area contributed by atoms with E-state index in [1.54, 1.807) is 0 Å². The second kappa shape index (κ2) is 7.68. The van der Waals surface area contributed by atoms with Gasteiger partial charge in [0.25, 0.3) is 0 Å². The molecule has 0 aromatic carbocycles. The van der Waals surface area contributed by atoms with Gasteiger partial charge >= 0.3 is 0 Å². The summed E-state index contributed by atoms with van der Waals surface area (Å²) in [6.45, 7) is 10.5. The zero-order valence-corrected chi connectivity index (χ0v) is 13.6. The lowest BCUT2D eigenvalue weighted by Gasteiger charge is -2.22. The largest absolute Gasteiger partial charge is 0.378 e. The normalized spacial score (nSPS) is 15.1. The van der Waals surface area contributed by atoms with Gasteiger partial charge in [-0.05, 0) is 25.7 Å². The van der Waals surface area contributed by atoms with Crippen LogP contribution in [0.4, 0.5) is 0 Å². The van der Waals surface area contributed by atoms with Crippen molar-refractivity contribution in [2.45, 2.75) is 52.5 Å². The Bertz CT molecular complexity index is 323. The first-order chi connectivity index (χ1) is 8.02. The highest BCUT2D eigenvalue weighted by Crippen LogP contribution is 2.23. The van der Waals surface area contributed by atoms with Crippen molar-refractivity contribution in [1.82, 2.24) is 4.72 Å². The monoisotopic (exact) mass is 299 g/mol. The third-order valence-corrected chi connectivity index (χ3v) is 3.78. The Hall–Kier alpha value is 0.160. The summed E-state index contributed by atoms with van der Waals surface area (Å²) < 4.78 is 31.0. The van der Waals surface area contributed by atoms with Crippen LogP contribution in [0.15, 0.2) is 0 Å². The molecule has 1 N–H and O–H groups in total. The molecule has 0 aromatic heterocycles. The molecular weight excluding hydrogens is 274 g/mol. The molecule has 0 amide bonds. The van der Waals surface area contributed by atoms with Crippen LogP contribution in [-0.2, 0) is 14.8 Å². The third kappa shape index (κ3) is 11.3. The SMILES string of the molecule is CC(C)OCCS(=O)(=O)NCC(Cl)CC(C)(C)C. The maximum absolute atomic E-state index is 11.6. The fourth-order valence-electron chi connectivity index (χ4n) is 1.42. The van der Waals surface area contributed by atoms with Gasteiger partial charge in [-0.1, -0.05) is 20.8 Å². The molecule has 18 heavy (non-hydrogen) atoms. The predicted octanol–water partition coefficient (Wildman–Crippen LogP) is 2.37. The molecule has 1 unspecified atom stereocenters. The molecule has 0 bridgehead atoms. The molecule has 0 spiro atoms. The molecule has 0 aliphatic carbocycles. The number of sulfonamides is 1. The second-order valence-electron chi connectivity index (χ2n) is 5.95. The lowest BCUT2D eigenvalue weighted by molar-refractivity contribution is 0.0911. The van der Waals surface area contributed by atoms with Crippen LogP contribution in [0, 0.1) is 5.41 Å². The van der Waals surface area contributed by atoms with Crippen LogP contribution in [0.2, 0.25) is 0 Å². The Labute approximate surface area is 116 Å². The zero-order valence-electron chi connectivity index (χ0n) is 12.0. The summed E-state index contributed by atoms with van der Waals surface area (Å²) in [5.41, 5.74) is 0.0958. The van der Waals surface area contributed by atoms with E-state index in [0.29, 0.717) is 0 Å². The minimum absolute atomic E-state index is 0.0235. The number of nitrogens with one attached hydrogen (secondary N) is 1. The smallest absolute Gasteiger partial charge is 0.213 e. The van der Waals surface area contributed by atoms with Gasteiger partial charge in [-0.2, -0.15) is 0 Å². The average Bonchev–Trinajstić information content (AvgIpc) is 2.11. The summed E-state index contributed by atoms with van der Waals surface area (Å²) >= 11 is 6.10. The van der Waals surface area contributed by atoms with E-state index in [-0.39, 0.29) is 35.8 Å². The predicted molar refractivity (Wildman–Crippen MR) is 76.6 cm³/mol. The van der Waals surface area contributed by atoms with E-state index in [4.69, 9.17) is 16.3 Å². The second-order valence-corrected chi connectivity index (χ2v) is 8.49. The number of rotatable bonds is 8. The van der Waals surface area contributed by atoms with Crippen molar-refractivity contribution < 1.29 is 13.2 Å². The van der Waals surface area contributed by atoms with Gasteiger partial charge in [-0.15, -0.1) is 11.6 Å². The molecular formula is C12H26ClNO3S. The highest BCUT2D eigenvalue weighted by Gasteiger charge is 2.19. The molecule has 1 atom stereocenters. The molecule has 0 aromatic rings. The molecule has 4 nitrogen and oxygen atoms in total. The molecule has 0 saturated heterocycles. The summed E-state index contributed by atoms with van der Waals surface area (Å²) in [6, 6.07) is 0. The van der Waals surface area contributed by atoms with Crippen molar-refractivity contribution in [3.05, 3.63) is 0 Å². The zero-order chi connectivity index (χ0) is 14.4. The molecule has 0 heterocycles. The van der Waals surface area contributed by atoms with Crippen molar-refractivity contribution in [3.8, 4) is 0 Å². The molecule has 0 saturated carbocycles. The Morgan fingerprint density at radius 2 is 1.83 bits per heavy atom. The van der Waals surface area contributed by atoms with Crippen LogP contribution in [0.25, 0.3) is 0 Å². The summed E-state index contributed by atoms with van der Waals surface area (Å²) in [5.74, 6) is -0.0235. The van der Waals surface area contributed by atoms with Crippen LogP contribution in [-0.4, -0.2) is 38.8 Å². The number of ether oxygens (including phenoxy) is 1. The molecule has 0 aliphatic heterocycles. The van der Waals surface area contributed by atoms with E-state index >= 15 is 0 Å². The first-order valence-corrected chi connectivity index (χ1v) is 8.34. The van der Waals surface area contributed by atoms with Crippen LogP contribution < -0.4 is 4.72 Å². The van der Waals surface area contributed by atoms with E-state index in [1.807, 2.05) is 13.8 Å². The van der Waals surface area contributed by atoms with Gasteiger partial charge in [0.15, 0.2) is 0 Å². The number of halogens is 1. The fraction of sp³-hybridized carbons (Fsp3) is 1.00. The topological polar surface area (TPSA) is 55.4 Å². The Morgan fingerprint density at radius 3 is 2.28 bits per heavy atom. The first kappa shape index (κ1) is 18.2. The lowest BCUT2D eigenvalue weighted by Crippen LogP contribution is -2.34. The number of alkyl halides is 1. The standard InChI is InChI=1S/C12H26ClNO3S/c1-10(2)17-6-7-18(15,16)14-9-11(13)8-12(3,4)5/h10-11,14H,6-9H2,1-5H3. The van der Waals surface area contributed by atoms with Crippen LogP contribution in [0.3, 0.4) is 0 Å². The van der Waals surface area contributed by atoms with Crippen molar-refractivity contribution in [3.63, 3.8) is 0 Å². The number of hydrogen-bond acceptors (Lipinski definition) is 3. The van der Waals surface area contributed by atoms with Crippen LogP contribution in [0.1, 0.15) is 41.0 Å². The van der Waals surface area contributed by atoms with E-state index < -0.39 is 10.0 Å². The molecule has 0 rings (SSSR count). The summed E-state index contributed by atoms with van der Waals surface area (Å²) in [7, 11) is -3.29. The molecule has 6 heteroatoms. The van der Waals surface area contributed by atoms with Gasteiger partial charge in [-0.3, -0.25) is 0 Å². The average molecular weight is 300 g/mol. The van der Waals surface area contributed by atoms with E-state index in [0.717, 1.165) is 6.42 Å². The Morgan fingerprint density at radius 1 is 1.28 bits per heavy atom. The molecule has 0 fully saturated rings. The first-order valence-electron chi connectivity index (χ1n) is 6.25. The quantitative estimate of drug-likeness (QED) is 0.700. The highest BCUT2D eigenvalue weighted by atomic mass is 35.5. The van der Waals surface area contributed by atoms with Gasteiger partial charge in [0.1, 0.15) is 0 Å². The molecule has 110 valence electrons. The lowest BCUT2D eigenvalue weighted by atomic mass is 9.90. The van der Waals surface area contributed by atoms with E-state index in [2.05, 4.69) is 25.5 Å². The van der Waals surface area contributed by atoms with E-state index in [1.165, 1.54) is 0 Å². The van der Waals surface area contributed by atoms with Gasteiger partial charge in [0, 0.05) is 11.9 Å². The summed E-state index contributed by atoms with van der Waals surface area (Å²) in [4.78, 5) is 0. The summed E-state index contributed by atoms with van der Waals surface area (Å²) in [5, 5.41) is -0.189. The summed E-state index contributed by atoms with van der Waals surface area (Å²) in [6.07, 6.45) is 0.807. The minimum Gasteiger partial charge on any atom is -0.378 e. The molecule has 0 radical (unpaired) electrons. The van der Waals surface area contributed by atoms with Gasteiger partial charge in [0.05, 0.1) is 18.5 Å². The van der Waals surface area contributed by atoms with Gasteiger partial charge in [0.2, 0.25) is 10.0 Å². The van der Waals surface area contributed by atoms with Crippen molar-refractivity contribution in [2.24, 2.45) is 5.41 Å². The third-order valence-electron chi connectivity index (χ3n) is 2.16. The fourth-order valence-corrected chi connectivity index (χ4v) is 2.97. The van der Waals surface area contributed by atoms with Crippen molar-refractivity contribution in [2.75, 3.05) is 18.9 Å². The maximum Gasteiger partial charge on any atom is 0.213 e. The molecule has 0 aliphatic rings. The number of hydrogen-bond donors (Lipinski definition) is 1. The minimum atomic E-state index is -3.29. The highest BCUT2D eigenvalue weighted by molar-refractivity contribution is 7.89. The van der Waals surface area contributed by atoms with Gasteiger partial charge in [-0.25, -0.2) is 13.1 Å². The van der Waals surface area contributed by atoms with Crippen molar-refractivity contribution >= 4 is 21.6 Å². The van der Waals surface area contributed by atoms with Crippen LogP contribution >= 0.6 is 11.6 Å². The van der Waals surface area contributed by atoms with E-state index in [9.17, 15) is 8.42 Å². The van der Waals surface area contributed by atoms with Crippen molar-refractivity contribution in [1.29, 1.82) is 0 Å². The Balaban J connectivity index is 3.96.